The van der Waals surface area contributed by atoms with Crippen LogP contribution in [0.1, 0.15) is 181 Å². The summed E-state index contributed by atoms with van der Waals surface area (Å²) in [6.07, 6.45) is 54.0. The van der Waals surface area contributed by atoms with Gasteiger partial charge in [0, 0.05) is 6.42 Å². The molecule has 0 fully saturated rings. The number of aliphatic hydroxyl groups is 1. The van der Waals surface area contributed by atoms with Crippen molar-refractivity contribution in [1.29, 1.82) is 0 Å². The molecule has 8 nitrogen and oxygen atoms in total. The maximum atomic E-state index is 12.9. The van der Waals surface area contributed by atoms with Crippen molar-refractivity contribution in [3.63, 3.8) is 0 Å². The third-order valence-corrected chi connectivity index (χ3v) is 10.9. The van der Waals surface area contributed by atoms with Gasteiger partial charge in [-0.1, -0.05) is 164 Å². The van der Waals surface area contributed by atoms with Crippen molar-refractivity contribution in [1.82, 2.24) is 5.32 Å². The van der Waals surface area contributed by atoms with Crippen molar-refractivity contribution in [3.8, 4) is 0 Å². The van der Waals surface area contributed by atoms with E-state index in [1.54, 1.807) is 6.08 Å². The van der Waals surface area contributed by atoms with Crippen LogP contribution in [-0.4, -0.2) is 73.4 Å². The summed E-state index contributed by atoms with van der Waals surface area (Å²) < 4.78 is 23.5. The maximum Gasteiger partial charge on any atom is 0.472 e. The lowest BCUT2D eigenvalue weighted by Crippen LogP contribution is -2.45. The third kappa shape index (κ3) is 42.1. The van der Waals surface area contributed by atoms with Crippen LogP contribution >= 0.6 is 7.82 Å². The summed E-state index contributed by atoms with van der Waals surface area (Å²) in [5, 5.41) is 13.8. The highest BCUT2D eigenvalue weighted by Gasteiger charge is 2.27. The number of carbonyl (C=O) groups is 1. The fourth-order valence-corrected chi connectivity index (χ4v) is 6.87. The molecule has 0 heterocycles. The van der Waals surface area contributed by atoms with Gasteiger partial charge in [-0.25, -0.2) is 4.57 Å². The van der Waals surface area contributed by atoms with Crippen molar-refractivity contribution >= 4 is 13.7 Å². The average molecular weight is 834 g/mol. The van der Waals surface area contributed by atoms with Gasteiger partial charge in [-0.3, -0.25) is 13.8 Å². The highest BCUT2D eigenvalue weighted by molar-refractivity contribution is 7.47. The number of unbranched alkanes of at least 4 members (excludes halogenated alkanes) is 18. The molecule has 9 heteroatoms. The first-order valence-electron chi connectivity index (χ1n) is 23.3. The normalized spacial score (nSPS) is 14.9. The summed E-state index contributed by atoms with van der Waals surface area (Å²) in [7, 11) is 1.52. The molecule has 3 N–H and O–H groups in total. The third-order valence-electron chi connectivity index (χ3n) is 9.88. The number of rotatable bonds is 41. The minimum Gasteiger partial charge on any atom is -0.387 e. The molecule has 58 heavy (non-hydrogen) atoms. The van der Waals surface area contributed by atoms with E-state index in [2.05, 4.69) is 79.9 Å². The summed E-state index contributed by atoms with van der Waals surface area (Å²) >= 11 is 0. The summed E-state index contributed by atoms with van der Waals surface area (Å²) in [6.45, 7) is 4.73. The Morgan fingerprint density at radius 1 is 0.586 bits per heavy atom. The molecule has 0 radical (unpaired) electrons. The van der Waals surface area contributed by atoms with Crippen LogP contribution in [0.15, 0.2) is 72.9 Å². The second-order valence-corrected chi connectivity index (χ2v) is 18.2. The number of likely N-dealkylation sites (N-methyl/N-ethyl adjacent to an activating group) is 1. The number of hydrogen-bond donors (Lipinski definition) is 3. The van der Waals surface area contributed by atoms with Crippen LogP contribution in [0.4, 0.5) is 0 Å². The smallest absolute Gasteiger partial charge is 0.387 e. The van der Waals surface area contributed by atoms with Crippen LogP contribution in [0.5, 0.6) is 0 Å². The van der Waals surface area contributed by atoms with Gasteiger partial charge >= 0.3 is 7.82 Å². The molecule has 0 aliphatic carbocycles. The fraction of sp³-hybridized carbons (Fsp3) is 0.735. The Kier molecular flexibility index (Phi) is 38.9. The highest BCUT2D eigenvalue weighted by Crippen LogP contribution is 2.43. The van der Waals surface area contributed by atoms with Gasteiger partial charge in [0.2, 0.25) is 5.91 Å². The second-order valence-electron chi connectivity index (χ2n) is 16.8. The Hall–Kier alpha value is -2.06. The molecule has 0 aromatic rings. The highest BCUT2D eigenvalue weighted by atomic mass is 31.2. The average Bonchev–Trinajstić information content (AvgIpc) is 3.17. The predicted molar refractivity (Wildman–Crippen MR) is 249 cm³/mol. The van der Waals surface area contributed by atoms with Crippen LogP contribution in [0.25, 0.3) is 0 Å². The minimum absolute atomic E-state index is 0.0473. The first kappa shape index (κ1) is 55.9. The SMILES string of the molecule is CCCCCCC/C=C\C/C=C\C/C=C\CCCCCCCCC(=O)NC(COP(=O)(O)OCC[N+](C)(C)C)C(O)/C=C/CC/C=C/CC/C=C/CCCCCCC. The molecule has 3 atom stereocenters. The van der Waals surface area contributed by atoms with Gasteiger partial charge in [0.25, 0.3) is 0 Å². The molecule has 0 aromatic carbocycles. The number of nitrogens with zero attached hydrogens (tertiary/aromatic N) is 1. The van der Waals surface area contributed by atoms with E-state index in [0.29, 0.717) is 17.4 Å². The van der Waals surface area contributed by atoms with Crippen molar-refractivity contribution in [3.05, 3.63) is 72.9 Å². The van der Waals surface area contributed by atoms with E-state index >= 15 is 0 Å². The molecule has 0 rings (SSSR count). The number of hydrogen-bond acceptors (Lipinski definition) is 5. The summed E-state index contributed by atoms with van der Waals surface area (Å²) in [5.41, 5.74) is 0. The lowest BCUT2D eigenvalue weighted by atomic mass is 10.1. The number of amides is 1. The van der Waals surface area contributed by atoms with Gasteiger partial charge in [-0.15, -0.1) is 0 Å². The van der Waals surface area contributed by atoms with Crippen molar-refractivity contribution in [2.45, 2.75) is 193 Å². The van der Waals surface area contributed by atoms with Gasteiger partial charge in [0.15, 0.2) is 0 Å². The fourth-order valence-electron chi connectivity index (χ4n) is 6.14. The Labute approximate surface area is 357 Å². The Bertz CT molecular complexity index is 1170. The molecular formula is C49H90N2O6P+. The lowest BCUT2D eigenvalue weighted by molar-refractivity contribution is -0.870. The lowest BCUT2D eigenvalue weighted by Gasteiger charge is -2.25. The molecular weight excluding hydrogens is 744 g/mol. The largest absolute Gasteiger partial charge is 0.472 e. The van der Waals surface area contributed by atoms with E-state index in [4.69, 9.17) is 9.05 Å². The van der Waals surface area contributed by atoms with Gasteiger partial charge in [0.1, 0.15) is 13.2 Å². The molecule has 0 bridgehead atoms. The summed E-state index contributed by atoms with van der Waals surface area (Å²) in [5.74, 6) is -0.207. The monoisotopic (exact) mass is 834 g/mol. The predicted octanol–water partition coefficient (Wildman–Crippen LogP) is 13.2. The standard InChI is InChI=1S/C49H89N2O6P/c1-6-8-10-12-14-16-18-20-22-23-24-25-26-27-29-31-33-35-37-39-41-43-49(53)50-47(46-57-58(54,55)56-45-44-51(3,4)5)48(52)42-40-38-36-34-32-30-28-21-19-17-15-13-11-9-7-2/h18-21,23-24,26-27,32,34,40,42,47-48,52H,6-17,22,25,28-31,33,35-39,41,43-46H2,1-5H3,(H-,50,53,54,55)/p+1/b20-18-,21-19+,24-23-,27-26-,34-32+,42-40+. The van der Waals surface area contributed by atoms with E-state index in [-0.39, 0.29) is 19.1 Å². The first-order chi connectivity index (χ1) is 28.0. The quantitative estimate of drug-likeness (QED) is 0.0245. The molecule has 0 spiro atoms. The molecule has 0 aliphatic heterocycles. The zero-order valence-corrected chi connectivity index (χ0v) is 38.9. The van der Waals surface area contributed by atoms with Gasteiger partial charge < -0.3 is 19.8 Å². The molecule has 0 saturated heterocycles. The van der Waals surface area contributed by atoms with Crippen LogP contribution in [0.3, 0.4) is 0 Å². The number of nitrogens with one attached hydrogen (secondary N) is 1. The topological polar surface area (TPSA) is 105 Å². The number of aliphatic hydroxyl groups excluding tert-OH is 1. The van der Waals surface area contributed by atoms with E-state index in [1.165, 1.54) is 89.9 Å². The number of allylic oxidation sites excluding steroid dienone is 11. The van der Waals surface area contributed by atoms with Crippen LogP contribution < -0.4 is 5.32 Å². The van der Waals surface area contributed by atoms with E-state index < -0.39 is 20.0 Å². The Morgan fingerprint density at radius 3 is 1.50 bits per heavy atom. The molecule has 336 valence electrons. The van der Waals surface area contributed by atoms with E-state index in [9.17, 15) is 19.4 Å². The Morgan fingerprint density at radius 2 is 1.00 bits per heavy atom. The van der Waals surface area contributed by atoms with Gasteiger partial charge in [-0.2, -0.15) is 0 Å². The first-order valence-corrected chi connectivity index (χ1v) is 24.8. The van der Waals surface area contributed by atoms with Crippen molar-refractivity contribution in [2.24, 2.45) is 0 Å². The minimum atomic E-state index is -4.36. The van der Waals surface area contributed by atoms with Crippen LogP contribution in [0, 0.1) is 0 Å². The number of quaternary nitrogens is 1. The van der Waals surface area contributed by atoms with Crippen LogP contribution in [-0.2, 0) is 18.4 Å². The molecule has 3 unspecified atom stereocenters. The maximum absolute atomic E-state index is 12.9. The van der Waals surface area contributed by atoms with E-state index in [1.807, 2.05) is 27.2 Å². The number of phosphoric ester groups is 1. The number of carbonyl (C=O) groups excluding carboxylic acids is 1. The Balaban J connectivity index is 4.48. The molecule has 1 amide bonds. The van der Waals surface area contributed by atoms with Crippen molar-refractivity contribution < 1.29 is 32.9 Å². The van der Waals surface area contributed by atoms with Crippen molar-refractivity contribution in [2.75, 3.05) is 40.9 Å². The zero-order valence-electron chi connectivity index (χ0n) is 38.0. The van der Waals surface area contributed by atoms with E-state index in [0.717, 1.165) is 70.6 Å². The summed E-state index contributed by atoms with van der Waals surface area (Å²) in [6, 6.07) is -0.879. The zero-order chi connectivity index (χ0) is 42.8. The molecule has 0 aromatic heterocycles. The summed E-state index contributed by atoms with van der Waals surface area (Å²) in [4.78, 5) is 23.1. The molecule has 0 aliphatic rings. The van der Waals surface area contributed by atoms with Gasteiger partial charge in [0.05, 0.1) is 39.9 Å². The van der Waals surface area contributed by atoms with Gasteiger partial charge in [-0.05, 0) is 83.5 Å². The second kappa shape index (κ2) is 40.4. The molecule has 0 saturated carbocycles. The van der Waals surface area contributed by atoms with Crippen LogP contribution in [0.2, 0.25) is 0 Å². The number of phosphoric acid groups is 1.